The number of rotatable bonds is 2. The number of hydrogen-bond donors (Lipinski definition) is 1. The summed E-state index contributed by atoms with van der Waals surface area (Å²) >= 11 is 0. The number of benzene rings is 1. The average molecular weight is 402 g/mol. The highest BCUT2D eigenvalue weighted by atomic mass is 127. The van der Waals surface area contributed by atoms with E-state index in [0.717, 1.165) is 31.9 Å². The van der Waals surface area contributed by atoms with Crippen molar-refractivity contribution in [3.8, 4) is 11.8 Å². The fourth-order valence-corrected chi connectivity index (χ4v) is 2.15. The first-order valence-electron chi connectivity index (χ1n) is 6.65. The molecule has 6 heteroatoms. The van der Waals surface area contributed by atoms with E-state index in [4.69, 9.17) is 5.73 Å². The lowest BCUT2D eigenvalue weighted by Gasteiger charge is -2.36. The molecule has 0 amide bonds. The summed E-state index contributed by atoms with van der Waals surface area (Å²) < 4.78 is 12.9. The fourth-order valence-electron chi connectivity index (χ4n) is 2.15. The molecular weight excluding hydrogens is 382 g/mol. The zero-order chi connectivity index (χ0) is 14.4. The maximum absolute atomic E-state index is 12.9. The van der Waals surface area contributed by atoms with Crippen LogP contribution in [0.4, 0.5) is 10.1 Å². The monoisotopic (exact) mass is 402 g/mol. The summed E-state index contributed by atoms with van der Waals surface area (Å²) in [6, 6.07) is 6.58. The standard InChI is InChI=1S/C15H19FN4.HI/c1-2-3-8-18-15(17)20-11-9-19(10-12-20)14-6-4-13(16)5-7-14;/h4-7H,8-12H2,1H3,(H2,17,18);1H. The first-order chi connectivity index (χ1) is 9.70. The van der Waals surface area contributed by atoms with Gasteiger partial charge in [-0.1, -0.05) is 5.92 Å². The smallest absolute Gasteiger partial charge is 0.192 e. The predicted octanol–water partition coefficient (Wildman–Crippen LogP) is 1.90. The normalized spacial score (nSPS) is 15.0. The van der Waals surface area contributed by atoms with E-state index in [1.54, 1.807) is 19.1 Å². The second kappa shape index (κ2) is 8.72. The van der Waals surface area contributed by atoms with Gasteiger partial charge in [-0.2, -0.15) is 0 Å². The highest BCUT2D eigenvalue weighted by molar-refractivity contribution is 14.0. The van der Waals surface area contributed by atoms with Crippen molar-refractivity contribution >= 4 is 35.6 Å². The number of nitrogens with two attached hydrogens (primary N) is 1. The molecule has 1 aromatic carbocycles. The molecule has 0 aliphatic carbocycles. The SMILES string of the molecule is CC#CCN=C(N)N1CCN(c2ccc(F)cc2)CC1.I. The highest BCUT2D eigenvalue weighted by Gasteiger charge is 2.18. The summed E-state index contributed by atoms with van der Waals surface area (Å²) in [5.41, 5.74) is 6.97. The van der Waals surface area contributed by atoms with E-state index < -0.39 is 0 Å². The Balaban J connectivity index is 0.00000220. The van der Waals surface area contributed by atoms with Crippen molar-refractivity contribution in [2.45, 2.75) is 6.92 Å². The van der Waals surface area contributed by atoms with Gasteiger partial charge in [0.15, 0.2) is 5.96 Å². The van der Waals surface area contributed by atoms with Crippen LogP contribution in [0.25, 0.3) is 0 Å². The van der Waals surface area contributed by atoms with Crippen molar-refractivity contribution < 1.29 is 4.39 Å². The predicted molar refractivity (Wildman–Crippen MR) is 95.5 cm³/mol. The average Bonchev–Trinajstić information content (AvgIpc) is 2.48. The van der Waals surface area contributed by atoms with Crippen LogP contribution >= 0.6 is 24.0 Å². The zero-order valence-electron chi connectivity index (χ0n) is 12.1. The van der Waals surface area contributed by atoms with E-state index in [-0.39, 0.29) is 29.8 Å². The van der Waals surface area contributed by atoms with Crippen molar-refractivity contribution in [1.29, 1.82) is 0 Å². The fraction of sp³-hybridized carbons (Fsp3) is 0.400. The van der Waals surface area contributed by atoms with Crippen molar-refractivity contribution in [3.05, 3.63) is 30.1 Å². The third-order valence-electron chi connectivity index (χ3n) is 3.29. The van der Waals surface area contributed by atoms with Crippen molar-refractivity contribution in [2.75, 3.05) is 37.6 Å². The molecule has 1 aliphatic heterocycles. The van der Waals surface area contributed by atoms with Gasteiger partial charge in [0.1, 0.15) is 12.4 Å². The second-order valence-corrected chi connectivity index (χ2v) is 4.55. The molecule has 4 nitrogen and oxygen atoms in total. The lowest BCUT2D eigenvalue weighted by molar-refractivity contribution is 0.381. The number of hydrogen-bond acceptors (Lipinski definition) is 2. The number of piperazine rings is 1. The molecule has 1 aromatic rings. The number of nitrogens with zero attached hydrogens (tertiary/aromatic N) is 3. The van der Waals surface area contributed by atoms with Gasteiger partial charge in [0.2, 0.25) is 0 Å². The van der Waals surface area contributed by atoms with Crippen LogP contribution in [0.5, 0.6) is 0 Å². The molecule has 1 aliphatic rings. The summed E-state index contributed by atoms with van der Waals surface area (Å²) in [6.45, 7) is 5.55. The van der Waals surface area contributed by atoms with Crippen LogP contribution in [0.1, 0.15) is 6.92 Å². The lowest BCUT2D eigenvalue weighted by atomic mass is 10.2. The first kappa shape index (κ1) is 17.6. The summed E-state index contributed by atoms with van der Waals surface area (Å²) in [5.74, 6) is 6.00. The summed E-state index contributed by atoms with van der Waals surface area (Å²) in [5, 5.41) is 0. The zero-order valence-corrected chi connectivity index (χ0v) is 14.4. The van der Waals surface area contributed by atoms with Crippen LogP contribution in [-0.4, -0.2) is 43.6 Å². The van der Waals surface area contributed by atoms with Crippen LogP contribution in [0.2, 0.25) is 0 Å². The van der Waals surface area contributed by atoms with Crippen molar-refractivity contribution in [2.24, 2.45) is 10.7 Å². The van der Waals surface area contributed by atoms with Crippen LogP contribution in [-0.2, 0) is 0 Å². The van der Waals surface area contributed by atoms with Crippen LogP contribution in [0, 0.1) is 17.7 Å². The van der Waals surface area contributed by atoms with Gasteiger partial charge < -0.3 is 15.5 Å². The molecule has 0 atom stereocenters. The van der Waals surface area contributed by atoms with E-state index in [9.17, 15) is 4.39 Å². The molecule has 0 radical (unpaired) electrons. The molecule has 1 heterocycles. The first-order valence-corrected chi connectivity index (χ1v) is 6.65. The van der Waals surface area contributed by atoms with Gasteiger partial charge in [0, 0.05) is 31.9 Å². The minimum Gasteiger partial charge on any atom is -0.370 e. The quantitative estimate of drug-likeness (QED) is 0.356. The molecule has 0 unspecified atom stereocenters. The number of anilines is 1. The van der Waals surface area contributed by atoms with Crippen molar-refractivity contribution in [3.63, 3.8) is 0 Å². The molecule has 0 aromatic heterocycles. The maximum atomic E-state index is 12.9. The lowest BCUT2D eigenvalue weighted by Crippen LogP contribution is -2.51. The third kappa shape index (κ3) is 5.08. The Morgan fingerprint density at radius 1 is 1.24 bits per heavy atom. The Labute approximate surface area is 142 Å². The Bertz CT molecular complexity index is 525. The molecule has 2 N–H and O–H groups in total. The van der Waals surface area contributed by atoms with E-state index in [2.05, 4.69) is 26.6 Å². The van der Waals surface area contributed by atoms with Crippen LogP contribution < -0.4 is 10.6 Å². The summed E-state index contributed by atoms with van der Waals surface area (Å²) in [7, 11) is 0. The van der Waals surface area contributed by atoms with E-state index in [1.807, 2.05) is 0 Å². The van der Waals surface area contributed by atoms with Gasteiger partial charge in [-0.15, -0.1) is 29.9 Å². The van der Waals surface area contributed by atoms with Gasteiger partial charge in [-0.3, -0.25) is 0 Å². The summed E-state index contributed by atoms with van der Waals surface area (Å²) in [6.07, 6.45) is 0. The molecule has 0 bridgehead atoms. The number of guanidine groups is 1. The van der Waals surface area contributed by atoms with Gasteiger partial charge >= 0.3 is 0 Å². The van der Waals surface area contributed by atoms with Gasteiger partial charge in [0.05, 0.1) is 0 Å². The molecule has 21 heavy (non-hydrogen) atoms. The summed E-state index contributed by atoms with van der Waals surface area (Å²) in [4.78, 5) is 8.50. The molecule has 0 saturated carbocycles. The minimum absolute atomic E-state index is 0. The van der Waals surface area contributed by atoms with E-state index in [1.165, 1.54) is 12.1 Å². The molecule has 114 valence electrons. The molecule has 2 rings (SSSR count). The Kier molecular flexibility index (Phi) is 7.29. The minimum atomic E-state index is -0.208. The topological polar surface area (TPSA) is 44.9 Å². The van der Waals surface area contributed by atoms with Crippen molar-refractivity contribution in [1.82, 2.24) is 4.90 Å². The van der Waals surface area contributed by atoms with E-state index in [0.29, 0.717) is 12.5 Å². The molecular formula is C15H20FIN4. The number of halogens is 2. The largest absolute Gasteiger partial charge is 0.370 e. The Morgan fingerprint density at radius 3 is 2.43 bits per heavy atom. The second-order valence-electron chi connectivity index (χ2n) is 4.55. The van der Waals surface area contributed by atoms with Crippen LogP contribution in [0.3, 0.4) is 0 Å². The molecule has 0 spiro atoms. The molecule has 1 fully saturated rings. The van der Waals surface area contributed by atoms with Gasteiger partial charge in [-0.05, 0) is 31.2 Å². The number of aliphatic imine (C=N–C) groups is 1. The van der Waals surface area contributed by atoms with Crippen LogP contribution in [0.15, 0.2) is 29.3 Å². The van der Waals surface area contributed by atoms with Gasteiger partial charge in [-0.25, -0.2) is 9.38 Å². The molecule has 1 saturated heterocycles. The Hall–Kier alpha value is -1.49. The van der Waals surface area contributed by atoms with Gasteiger partial charge in [0.25, 0.3) is 0 Å². The third-order valence-corrected chi connectivity index (χ3v) is 3.29. The Morgan fingerprint density at radius 2 is 1.86 bits per heavy atom. The maximum Gasteiger partial charge on any atom is 0.192 e. The van der Waals surface area contributed by atoms with E-state index >= 15 is 0 Å². The highest BCUT2D eigenvalue weighted by Crippen LogP contribution is 2.16.